The fourth-order valence-electron chi connectivity index (χ4n) is 8.25. The number of carbonyl (C=O) groups is 4. The molecule has 7 atom stereocenters. The van der Waals surface area contributed by atoms with Crippen LogP contribution in [0.15, 0.2) is 49.1 Å². The number of sulfonamides is 1. The van der Waals surface area contributed by atoms with Gasteiger partial charge in [0.1, 0.15) is 0 Å². The number of carbonyl (C=O) groups excluding carboxylic acids is 4. The van der Waals surface area contributed by atoms with E-state index in [4.69, 9.17) is 19.2 Å². The van der Waals surface area contributed by atoms with Gasteiger partial charge in [-0.15, -0.1) is 0 Å². The van der Waals surface area contributed by atoms with Crippen LogP contribution in [0.2, 0.25) is 0 Å². The molecule has 2 saturated heterocycles. The molecule has 1 aromatic heterocycles. The van der Waals surface area contributed by atoms with Gasteiger partial charge in [0.2, 0.25) is 0 Å². The summed E-state index contributed by atoms with van der Waals surface area (Å²) in [5.41, 5.74) is 0.469. The number of fused-ring (bicyclic) bond motifs is 5. The zero-order valence-corrected chi connectivity index (χ0v) is 36.8. The zero-order valence-electron chi connectivity index (χ0n) is 33.8. The van der Waals surface area contributed by atoms with Crippen LogP contribution in [-0.4, -0.2) is 104 Å². The summed E-state index contributed by atoms with van der Waals surface area (Å²) in [4.78, 5) is 63.0. The number of alkyl carbamates (subject to hydrolysis) is 1. The fraction of sp³-hybridized carbons (Fsp3) is 0.595. The Hall–Kier alpha value is -3.97. The van der Waals surface area contributed by atoms with E-state index in [1.165, 1.54) is 4.90 Å². The molecule has 3 aliphatic heterocycles. The maximum absolute atomic E-state index is 14.8. The van der Waals surface area contributed by atoms with Gasteiger partial charge in [0.15, 0.2) is 0 Å². The Labute approximate surface area is 355 Å². The van der Waals surface area contributed by atoms with Crippen molar-refractivity contribution in [3.8, 4) is 11.6 Å². The molecule has 7 rings (SSSR count). The number of rotatable bonds is 10. The van der Waals surface area contributed by atoms with Crippen LogP contribution in [-0.2, 0) is 35.6 Å². The third kappa shape index (κ3) is 9.51. The third-order valence-corrected chi connectivity index (χ3v) is 17.3. The van der Waals surface area contributed by atoms with Crippen molar-refractivity contribution in [3.63, 3.8) is 0 Å². The van der Waals surface area contributed by atoms with E-state index in [1.54, 1.807) is 6.08 Å². The van der Waals surface area contributed by atoms with Crippen LogP contribution < -0.4 is 46.0 Å². The van der Waals surface area contributed by atoms with Crippen molar-refractivity contribution in [2.75, 3.05) is 19.8 Å². The van der Waals surface area contributed by atoms with Crippen LogP contribution in [0, 0.1) is 11.3 Å². The van der Waals surface area contributed by atoms with Gasteiger partial charge < -0.3 is 5.11 Å². The summed E-state index contributed by atoms with van der Waals surface area (Å²) < 4.78 is 45.0. The van der Waals surface area contributed by atoms with Crippen LogP contribution in [0.1, 0.15) is 84.1 Å². The molecule has 2 aliphatic carbocycles. The first-order valence-corrected chi connectivity index (χ1v) is 24.4. The quantitative estimate of drug-likeness (QED) is 0.0856. The second kappa shape index (κ2) is 17.6. The molecule has 2 bridgehead atoms. The van der Waals surface area contributed by atoms with Crippen molar-refractivity contribution in [1.82, 2.24) is 25.2 Å². The molecule has 59 heavy (non-hydrogen) atoms. The van der Waals surface area contributed by atoms with Gasteiger partial charge in [0.05, 0.1) is 0 Å². The van der Waals surface area contributed by atoms with Gasteiger partial charge in [-0.1, -0.05) is 6.07 Å². The molecule has 322 valence electrons. The van der Waals surface area contributed by atoms with Crippen molar-refractivity contribution in [2.24, 2.45) is 11.3 Å². The average Bonchev–Trinajstić information content (AvgIpc) is 4.08. The minimum absolute atomic E-state index is 0.00226. The van der Waals surface area contributed by atoms with Crippen LogP contribution in [0.25, 0.3) is 10.9 Å². The number of aromatic nitrogens is 1. The van der Waals surface area contributed by atoms with E-state index in [0.717, 1.165) is 37.5 Å². The first-order chi connectivity index (χ1) is 28.1. The van der Waals surface area contributed by atoms with Gasteiger partial charge in [-0.25, -0.2) is 0 Å². The number of amides is 4. The number of hydrogen-bond acceptors (Lipinski definition) is 11. The summed E-state index contributed by atoms with van der Waals surface area (Å²) in [5.74, 6) is -0.992. The number of pyridine rings is 1. The first-order valence-electron chi connectivity index (χ1n) is 20.5. The van der Waals surface area contributed by atoms with Gasteiger partial charge in [-0.3, -0.25) is 0 Å². The molecule has 0 unspecified atom stereocenters. The molecule has 2 aromatic rings. The number of nitrogens with zero attached hydrogens (tertiary/aromatic N) is 2. The van der Waals surface area contributed by atoms with E-state index in [1.807, 2.05) is 51.1 Å². The molecule has 1 aromatic carbocycles. The number of ether oxygens (including phenoxy) is 3. The predicted molar refractivity (Wildman–Crippen MR) is 214 cm³/mol. The number of allylic oxidation sites excluding steroid dienone is 2. The van der Waals surface area contributed by atoms with Crippen molar-refractivity contribution >= 4 is 44.7 Å². The Bertz CT molecular complexity index is 2110. The second-order valence-electron chi connectivity index (χ2n) is 17.1. The normalized spacial score (nSPS) is 29.5. The molecule has 4 fully saturated rings. The first kappa shape index (κ1) is 43.1. The van der Waals surface area contributed by atoms with Crippen molar-refractivity contribution in [3.05, 3.63) is 54.6 Å². The Balaban J connectivity index is 1.26. The van der Waals surface area contributed by atoms with Crippen molar-refractivity contribution in [1.29, 1.82) is 0 Å². The zero-order chi connectivity index (χ0) is 42.1. The van der Waals surface area contributed by atoms with E-state index >= 15 is 0 Å². The second-order valence-corrected chi connectivity index (χ2v) is 22.7. The molecule has 17 heteroatoms. The van der Waals surface area contributed by atoms with E-state index < -0.39 is 91.4 Å². The number of aliphatic hydroxyl groups is 1. The average molecular weight is 949 g/mol. The number of nitrogens with one attached hydrogen (secondary N) is 3. The number of para-hydroxylation sites is 1. The molecule has 0 spiro atoms. The molecule has 0 radical (unpaired) electrons. The predicted octanol–water partition coefficient (Wildman–Crippen LogP) is 0.625. The molecule has 4 N–H and O–H groups in total. The topological polar surface area (TPSA) is 203 Å². The Morgan fingerprint density at radius 3 is 2.63 bits per heavy atom. The Kier molecular flexibility index (Phi) is 12.8. The fourth-order valence-corrected chi connectivity index (χ4v) is 12.4. The molecule has 5 aliphatic rings. The van der Waals surface area contributed by atoms with E-state index in [2.05, 4.69) is 28.0 Å². The summed E-state index contributed by atoms with van der Waals surface area (Å²) in [5, 5.41) is 15.4. The molecule has 2 saturated carbocycles. The Morgan fingerprint density at radius 1 is 1.14 bits per heavy atom. The van der Waals surface area contributed by atoms with E-state index in [0.29, 0.717) is 42.5 Å². The summed E-state index contributed by atoms with van der Waals surface area (Å²) in [7, 11) is -3.91. The summed E-state index contributed by atoms with van der Waals surface area (Å²) in [6, 6.07) is 5.24. The van der Waals surface area contributed by atoms with E-state index in [-0.39, 0.29) is 44.1 Å². The molecular formula is C42H55IN5O10S-. The van der Waals surface area contributed by atoms with Crippen molar-refractivity contribution < 1.29 is 68.1 Å². The minimum atomic E-state index is -3.91. The summed E-state index contributed by atoms with van der Waals surface area (Å²) in [6.07, 6.45) is 9.74. The van der Waals surface area contributed by atoms with Gasteiger partial charge in [0, 0.05) is 13.0 Å². The Morgan fingerprint density at radius 2 is 1.92 bits per heavy atom. The number of halogens is 1. The van der Waals surface area contributed by atoms with Gasteiger partial charge in [0.25, 0.3) is 0 Å². The van der Waals surface area contributed by atoms with Gasteiger partial charge in [-0.2, -0.15) is 0 Å². The number of alkyl halides is 2. The van der Waals surface area contributed by atoms with Gasteiger partial charge >= 0.3 is 308 Å². The third-order valence-electron chi connectivity index (χ3n) is 11.7. The molecule has 15 nitrogen and oxygen atoms in total. The molecule has 4 heterocycles. The standard InChI is InChI=1S/C42H55IN5O10S/c1-5-33-42(43-33,39(52)47-59(54,55)27-19-20-27)46-36(50)31-23-26-24-48(31)38(51)35(41(2,3)4)45-40(53)58-32-18-11-14-25(32)13-7-6-8-16-29-34(56-22-12-21-49)28-15-9-10-17-30(28)44-37(29)57-26/h5-6,8-10,15,17,25-27,31-33,35,49H,1,7,11-14,16,18-24H2,2-4H3,(H,45,53)(H,46,50)(H,47,52)/q-1/b8-6+/t25-,26-,31+,32-,33+,35-,42-/m1/s1. The summed E-state index contributed by atoms with van der Waals surface area (Å²) >= 11 is -1.07. The van der Waals surface area contributed by atoms with Gasteiger partial charge in [-0.05, 0) is 25.7 Å². The monoisotopic (exact) mass is 948 g/mol. The van der Waals surface area contributed by atoms with E-state index in [9.17, 15) is 32.7 Å². The van der Waals surface area contributed by atoms with Crippen LogP contribution in [0.4, 0.5) is 4.79 Å². The number of benzene rings is 1. The summed E-state index contributed by atoms with van der Waals surface area (Å²) in [6.45, 7) is 9.42. The SMILES string of the molecule is C=C[C@@H]1[I-][C@]1(NC(=O)[C@@H]1C[C@@H]2CN1C(=O)[C@H](C(C)(C)C)NC(=O)O[C@@H]1CCC[C@H]1CC/C=C/Cc1c(nc3ccccc3c1OCCCO)O2)C(=O)NS(=O)(=O)C1CC1. The number of hydrogen-bond donors (Lipinski definition) is 4. The van der Waals surface area contributed by atoms with Crippen LogP contribution >= 0.6 is 0 Å². The van der Waals surface area contributed by atoms with Crippen LogP contribution in [0.3, 0.4) is 0 Å². The number of aliphatic hydroxyl groups excluding tert-OH is 1. The maximum atomic E-state index is 14.8. The van der Waals surface area contributed by atoms with Crippen LogP contribution in [0.5, 0.6) is 11.6 Å². The van der Waals surface area contributed by atoms with Crippen molar-refractivity contribution in [2.45, 2.75) is 122 Å². The molecule has 4 amide bonds. The molecular weight excluding hydrogens is 893 g/mol.